The number of benzene rings is 3. The van der Waals surface area contributed by atoms with Gasteiger partial charge in [-0.15, -0.1) is 0 Å². The molecule has 1 aliphatic carbocycles. The van der Waals surface area contributed by atoms with Crippen LogP contribution in [0.15, 0.2) is 66.2 Å². The molecule has 1 N–H and O–H groups in total. The van der Waals surface area contributed by atoms with Crippen molar-refractivity contribution >= 4 is 23.2 Å². The first-order valence-corrected chi connectivity index (χ1v) is 9.48. The number of halogens is 3. The first-order chi connectivity index (χ1) is 14.8. The second-order valence-electron chi connectivity index (χ2n) is 7.17. The summed E-state index contributed by atoms with van der Waals surface area (Å²) in [6, 6.07) is 14.6. The number of carbonyl (C=O) groups is 1. The maximum Gasteiger partial charge on any atom is 0.307 e. The molecule has 0 aromatic heterocycles. The lowest BCUT2D eigenvalue weighted by molar-refractivity contribution is -0.135. The van der Waals surface area contributed by atoms with E-state index in [0.29, 0.717) is 16.9 Å². The lowest BCUT2D eigenvalue weighted by Gasteiger charge is -2.07. The van der Waals surface area contributed by atoms with E-state index in [0.717, 1.165) is 34.4 Å². The molecular formula is C25H17F3O3. The van der Waals surface area contributed by atoms with Crippen LogP contribution in [0.2, 0.25) is 0 Å². The number of carboxylic acids is 1. The Kier molecular flexibility index (Phi) is 5.38. The molecule has 31 heavy (non-hydrogen) atoms. The van der Waals surface area contributed by atoms with Crippen LogP contribution in [0.3, 0.4) is 0 Å². The van der Waals surface area contributed by atoms with Gasteiger partial charge in [-0.1, -0.05) is 18.2 Å². The molecule has 1 aliphatic rings. The van der Waals surface area contributed by atoms with Crippen LogP contribution < -0.4 is 4.74 Å². The summed E-state index contributed by atoms with van der Waals surface area (Å²) in [5.74, 6) is -2.72. The van der Waals surface area contributed by atoms with E-state index in [9.17, 15) is 23.1 Å². The van der Waals surface area contributed by atoms with E-state index in [4.69, 9.17) is 4.74 Å². The Morgan fingerprint density at radius 1 is 0.903 bits per heavy atom. The van der Waals surface area contributed by atoms with E-state index >= 15 is 0 Å². The van der Waals surface area contributed by atoms with Crippen LogP contribution in [-0.2, 0) is 4.79 Å². The molecule has 0 atom stereocenters. The van der Waals surface area contributed by atoms with Gasteiger partial charge in [0.15, 0.2) is 11.6 Å². The van der Waals surface area contributed by atoms with E-state index in [1.54, 1.807) is 30.3 Å². The molecule has 0 bridgehead atoms. The summed E-state index contributed by atoms with van der Waals surface area (Å²) in [4.78, 5) is 11.3. The highest BCUT2D eigenvalue weighted by atomic mass is 19.2. The number of hydrogen-bond acceptors (Lipinski definition) is 2. The molecule has 0 saturated heterocycles. The minimum absolute atomic E-state index is 0.175. The molecule has 0 unspecified atom stereocenters. The Morgan fingerprint density at radius 2 is 1.61 bits per heavy atom. The van der Waals surface area contributed by atoms with Crippen molar-refractivity contribution in [3.05, 3.63) is 100 Å². The highest BCUT2D eigenvalue weighted by Gasteiger charge is 2.25. The third-order valence-electron chi connectivity index (χ3n) is 5.10. The van der Waals surface area contributed by atoms with Crippen LogP contribution in [0.1, 0.15) is 30.0 Å². The number of allylic oxidation sites excluding steroid dienone is 2. The zero-order valence-corrected chi connectivity index (χ0v) is 16.5. The van der Waals surface area contributed by atoms with Gasteiger partial charge in [-0.05, 0) is 82.8 Å². The third kappa shape index (κ3) is 4.23. The smallest absolute Gasteiger partial charge is 0.307 e. The predicted octanol–water partition coefficient (Wildman–Crippen LogP) is 6.70. The molecule has 0 amide bonds. The molecule has 3 nitrogen and oxygen atoms in total. The average Bonchev–Trinajstić information content (AvgIpc) is 2.97. The molecule has 0 spiro atoms. The number of hydrogen-bond donors (Lipinski definition) is 1. The highest BCUT2D eigenvalue weighted by Crippen LogP contribution is 2.43. The van der Waals surface area contributed by atoms with Crippen LogP contribution in [0.5, 0.6) is 11.5 Å². The van der Waals surface area contributed by atoms with Gasteiger partial charge in [0.25, 0.3) is 0 Å². The van der Waals surface area contributed by atoms with E-state index in [1.165, 1.54) is 18.2 Å². The molecule has 3 aromatic rings. The second-order valence-corrected chi connectivity index (χ2v) is 7.17. The summed E-state index contributed by atoms with van der Waals surface area (Å²) in [6.45, 7) is 1.82. The lowest BCUT2D eigenvalue weighted by Crippen LogP contribution is -1.97. The third-order valence-corrected chi connectivity index (χ3v) is 5.10. The van der Waals surface area contributed by atoms with Crippen molar-refractivity contribution in [1.82, 2.24) is 0 Å². The van der Waals surface area contributed by atoms with Crippen LogP contribution in [0.4, 0.5) is 13.2 Å². The van der Waals surface area contributed by atoms with Gasteiger partial charge >= 0.3 is 5.97 Å². The van der Waals surface area contributed by atoms with Crippen molar-refractivity contribution in [1.29, 1.82) is 0 Å². The number of ether oxygens (including phenoxy) is 1. The maximum absolute atomic E-state index is 13.8. The van der Waals surface area contributed by atoms with Crippen molar-refractivity contribution in [3.63, 3.8) is 0 Å². The normalized spacial score (nSPS) is 14.1. The first kappa shape index (κ1) is 20.5. The Labute approximate surface area is 176 Å². The molecule has 0 saturated carbocycles. The first-order valence-electron chi connectivity index (χ1n) is 9.48. The van der Waals surface area contributed by atoms with Crippen LogP contribution in [0, 0.1) is 17.5 Å². The number of fused-ring (bicyclic) bond motifs is 1. The average molecular weight is 422 g/mol. The van der Waals surface area contributed by atoms with Crippen LogP contribution in [-0.4, -0.2) is 11.1 Å². The van der Waals surface area contributed by atoms with Gasteiger partial charge in [0.2, 0.25) is 0 Å². The Hall–Kier alpha value is -3.80. The number of rotatable bonds is 5. The minimum Gasteiger partial charge on any atom is -0.481 e. The van der Waals surface area contributed by atoms with Gasteiger partial charge < -0.3 is 9.84 Å². The highest BCUT2D eigenvalue weighted by molar-refractivity contribution is 6.07. The zero-order chi connectivity index (χ0) is 22.1. The quantitative estimate of drug-likeness (QED) is 0.498. The number of aliphatic carboxylic acids is 1. The summed E-state index contributed by atoms with van der Waals surface area (Å²) in [6.07, 6.45) is 1.70. The molecule has 156 valence electrons. The summed E-state index contributed by atoms with van der Waals surface area (Å²) in [7, 11) is 0. The molecule has 0 fully saturated rings. The Bertz CT molecular complexity index is 1240. The van der Waals surface area contributed by atoms with Crippen molar-refractivity contribution in [2.24, 2.45) is 0 Å². The topological polar surface area (TPSA) is 46.5 Å². The molecular weight excluding hydrogens is 405 g/mol. The monoisotopic (exact) mass is 422 g/mol. The molecule has 3 aromatic carbocycles. The van der Waals surface area contributed by atoms with E-state index in [-0.39, 0.29) is 12.2 Å². The fourth-order valence-electron chi connectivity index (χ4n) is 3.61. The number of carboxylic acid groups (broad SMARTS) is 1. The molecule has 0 heterocycles. The maximum atomic E-state index is 13.8. The fourth-order valence-corrected chi connectivity index (χ4v) is 3.61. The summed E-state index contributed by atoms with van der Waals surface area (Å²) in [5.41, 5.74) is 4.37. The van der Waals surface area contributed by atoms with Gasteiger partial charge in [-0.2, -0.15) is 0 Å². The fraction of sp³-hybridized carbons (Fsp3) is 0.0800. The minimum atomic E-state index is -0.991. The summed E-state index contributed by atoms with van der Waals surface area (Å²) < 4.78 is 45.7. The molecule has 0 aliphatic heterocycles. The van der Waals surface area contributed by atoms with Crippen molar-refractivity contribution in [3.8, 4) is 11.5 Å². The predicted molar refractivity (Wildman–Crippen MR) is 112 cm³/mol. The lowest BCUT2D eigenvalue weighted by atomic mass is 10.0. The SMILES string of the molecule is CC1=C(CC(=O)O)c2cc(F)ccc2/C1=C\c1ccc(Oc2ccc(F)c(F)c2)cc1. The van der Waals surface area contributed by atoms with Gasteiger partial charge in [0.05, 0.1) is 6.42 Å². The standard InChI is InChI=1S/C25H17F3O3/c1-14-20(19-8-4-16(26)11-22(19)21(14)13-25(29)30)10-15-2-5-17(6-3-15)31-18-7-9-23(27)24(28)12-18/h2-12H,13H2,1H3,(H,29,30)/b20-10-. The summed E-state index contributed by atoms with van der Waals surface area (Å²) >= 11 is 0. The molecule has 6 heteroatoms. The van der Waals surface area contributed by atoms with Crippen LogP contribution in [0.25, 0.3) is 17.2 Å². The van der Waals surface area contributed by atoms with Gasteiger partial charge in [-0.3, -0.25) is 4.79 Å². The van der Waals surface area contributed by atoms with Crippen molar-refractivity contribution in [2.75, 3.05) is 0 Å². The van der Waals surface area contributed by atoms with E-state index in [2.05, 4.69) is 0 Å². The summed E-state index contributed by atoms with van der Waals surface area (Å²) in [5, 5.41) is 9.24. The van der Waals surface area contributed by atoms with E-state index < -0.39 is 23.4 Å². The van der Waals surface area contributed by atoms with Gasteiger partial charge in [-0.25, -0.2) is 13.2 Å². The molecule has 0 radical (unpaired) electrons. The van der Waals surface area contributed by atoms with Crippen LogP contribution >= 0.6 is 0 Å². The Morgan fingerprint density at radius 3 is 2.29 bits per heavy atom. The van der Waals surface area contributed by atoms with E-state index in [1.807, 2.05) is 13.0 Å². The van der Waals surface area contributed by atoms with Gasteiger partial charge in [0, 0.05) is 6.07 Å². The Balaban J connectivity index is 1.64. The second kappa shape index (κ2) is 8.14. The zero-order valence-electron chi connectivity index (χ0n) is 16.5. The van der Waals surface area contributed by atoms with Gasteiger partial charge in [0.1, 0.15) is 17.3 Å². The van der Waals surface area contributed by atoms with Crippen molar-refractivity contribution in [2.45, 2.75) is 13.3 Å². The largest absolute Gasteiger partial charge is 0.481 e. The van der Waals surface area contributed by atoms with Crippen molar-refractivity contribution < 1.29 is 27.8 Å². The molecule has 4 rings (SSSR count).